The van der Waals surface area contributed by atoms with Gasteiger partial charge in [-0.05, 0) is 56.3 Å². The molecule has 6 nitrogen and oxygen atoms in total. The third-order valence-corrected chi connectivity index (χ3v) is 5.59. The molecule has 0 aromatic rings. The summed E-state index contributed by atoms with van der Waals surface area (Å²) in [6.07, 6.45) is 7.95. The number of hydrogen-bond acceptors (Lipinski definition) is 3. The lowest BCUT2D eigenvalue weighted by molar-refractivity contribution is -0.0152. The Kier molecular flexibility index (Phi) is 3.71. The van der Waals surface area contributed by atoms with Gasteiger partial charge in [-0.1, -0.05) is 5.16 Å². The maximum absolute atomic E-state index is 12.4. The summed E-state index contributed by atoms with van der Waals surface area (Å²) in [6, 6.07) is -0.0253. The standard InChI is InChI=1S/C15H26N4O2/c1-19(3-2-13(16)18-21)14(20)17-15-7-10-4-11(8-15)6-12(5-10)9-15/h10-12,21H,2-9H2,1H3,(H2,16,18)(H,17,20). The number of nitrogens with zero attached hydrogens (tertiary/aromatic N) is 2. The molecular formula is C15H26N4O2. The Morgan fingerprint density at radius 2 is 1.81 bits per heavy atom. The minimum Gasteiger partial charge on any atom is -0.409 e. The number of oxime groups is 1. The number of nitrogens with one attached hydrogen (secondary N) is 1. The molecule has 2 amide bonds. The molecule has 4 fully saturated rings. The van der Waals surface area contributed by atoms with Crippen LogP contribution in [0.5, 0.6) is 0 Å². The lowest BCUT2D eigenvalue weighted by Crippen LogP contribution is -2.61. The first kappa shape index (κ1) is 14.5. The number of amidine groups is 1. The maximum atomic E-state index is 12.4. The first-order valence-electron chi connectivity index (χ1n) is 7.99. The van der Waals surface area contributed by atoms with Crippen molar-refractivity contribution in [3.05, 3.63) is 0 Å². The highest BCUT2D eigenvalue weighted by atomic mass is 16.4. The number of amides is 2. The van der Waals surface area contributed by atoms with Crippen molar-refractivity contribution in [3.8, 4) is 0 Å². The minimum absolute atomic E-state index is 0.0253. The normalized spacial score (nSPS) is 37.6. The number of urea groups is 1. The van der Waals surface area contributed by atoms with Gasteiger partial charge in [-0.15, -0.1) is 0 Å². The predicted molar refractivity (Wildman–Crippen MR) is 80.1 cm³/mol. The van der Waals surface area contributed by atoms with Gasteiger partial charge in [-0.2, -0.15) is 0 Å². The van der Waals surface area contributed by atoms with Gasteiger partial charge in [0.25, 0.3) is 0 Å². The summed E-state index contributed by atoms with van der Waals surface area (Å²) in [4.78, 5) is 14.0. The van der Waals surface area contributed by atoms with E-state index in [0.29, 0.717) is 13.0 Å². The molecule has 0 aliphatic heterocycles. The van der Waals surface area contributed by atoms with Crippen LogP contribution in [-0.4, -0.2) is 41.1 Å². The van der Waals surface area contributed by atoms with Crippen molar-refractivity contribution in [2.75, 3.05) is 13.6 Å². The van der Waals surface area contributed by atoms with E-state index in [-0.39, 0.29) is 17.4 Å². The highest BCUT2D eigenvalue weighted by Crippen LogP contribution is 2.55. The molecule has 0 spiro atoms. The summed E-state index contributed by atoms with van der Waals surface area (Å²) in [5.74, 6) is 2.61. The Morgan fingerprint density at radius 3 is 2.29 bits per heavy atom. The fraction of sp³-hybridized carbons (Fsp3) is 0.867. The van der Waals surface area contributed by atoms with E-state index in [1.54, 1.807) is 11.9 Å². The molecule has 0 unspecified atom stereocenters. The summed E-state index contributed by atoms with van der Waals surface area (Å²) >= 11 is 0. The molecule has 0 heterocycles. The van der Waals surface area contributed by atoms with Gasteiger partial charge in [0.05, 0.1) is 0 Å². The third kappa shape index (κ3) is 2.94. The molecule has 4 N–H and O–H groups in total. The second-order valence-electron chi connectivity index (χ2n) is 7.39. The zero-order chi connectivity index (χ0) is 15.0. The van der Waals surface area contributed by atoms with Gasteiger partial charge < -0.3 is 21.2 Å². The molecule has 0 aromatic carbocycles. The van der Waals surface area contributed by atoms with Crippen molar-refractivity contribution in [2.45, 2.75) is 50.5 Å². The van der Waals surface area contributed by atoms with Crippen LogP contribution in [0.2, 0.25) is 0 Å². The molecule has 118 valence electrons. The zero-order valence-corrected chi connectivity index (χ0v) is 12.7. The minimum atomic E-state index is -0.0253. The largest absolute Gasteiger partial charge is 0.409 e. The van der Waals surface area contributed by atoms with Gasteiger partial charge >= 0.3 is 6.03 Å². The van der Waals surface area contributed by atoms with E-state index in [2.05, 4.69) is 10.5 Å². The Labute approximate surface area is 125 Å². The SMILES string of the molecule is CN(CC/C(N)=N/O)C(=O)NC12CC3CC(CC(C3)C1)C2. The topological polar surface area (TPSA) is 90.9 Å². The predicted octanol–water partition coefficient (Wildman–Crippen LogP) is 1.73. The Balaban J connectivity index is 1.57. The van der Waals surface area contributed by atoms with E-state index in [0.717, 1.165) is 37.0 Å². The number of carbonyl (C=O) groups excluding carboxylic acids is 1. The molecule has 4 saturated carbocycles. The van der Waals surface area contributed by atoms with Gasteiger partial charge in [0.1, 0.15) is 5.84 Å². The molecule has 0 aromatic heterocycles. The summed E-state index contributed by atoms with van der Waals surface area (Å²) < 4.78 is 0. The van der Waals surface area contributed by atoms with Crippen LogP contribution in [0.15, 0.2) is 5.16 Å². The smallest absolute Gasteiger partial charge is 0.317 e. The van der Waals surface area contributed by atoms with Crippen molar-refractivity contribution in [3.63, 3.8) is 0 Å². The van der Waals surface area contributed by atoms with E-state index in [1.165, 1.54) is 19.3 Å². The summed E-state index contributed by atoms with van der Waals surface area (Å²) in [7, 11) is 1.76. The molecule has 0 radical (unpaired) electrons. The second kappa shape index (κ2) is 5.39. The van der Waals surface area contributed by atoms with Gasteiger partial charge in [0.15, 0.2) is 0 Å². The number of nitrogens with two attached hydrogens (primary N) is 1. The first-order valence-corrected chi connectivity index (χ1v) is 7.99. The van der Waals surface area contributed by atoms with Crippen LogP contribution in [0.3, 0.4) is 0 Å². The average Bonchev–Trinajstić information content (AvgIpc) is 2.42. The summed E-state index contributed by atoms with van der Waals surface area (Å²) in [6.45, 7) is 0.466. The second-order valence-corrected chi connectivity index (χ2v) is 7.39. The van der Waals surface area contributed by atoms with Crippen LogP contribution in [0.4, 0.5) is 4.79 Å². The van der Waals surface area contributed by atoms with Crippen LogP contribution in [0, 0.1) is 17.8 Å². The highest BCUT2D eigenvalue weighted by Gasteiger charge is 2.51. The number of carbonyl (C=O) groups is 1. The van der Waals surface area contributed by atoms with Crippen LogP contribution >= 0.6 is 0 Å². The lowest BCUT2D eigenvalue weighted by atomic mass is 9.53. The van der Waals surface area contributed by atoms with Crippen LogP contribution in [0.1, 0.15) is 44.9 Å². The van der Waals surface area contributed by atoms with Crippen molar-refractivity contribution < 1.29 is 10.0 Å². The zero-order valence-electron chi connectivity index (χ0n) is 12.7. The molecule has 21 heavy (non-hydrogen) atoms. The van der Waals surface area contributed by atoms with Gasteiger partial charge in [0, 0.05) is 25.6 Å². The molecule has 4 aliphatic carbocycles. The third-order valence-electron chi connectivity index (χ3n) is 5.59. The molecule has 4 rings (SSSR count). The fourth-order valence-electron chi connectivity index (χ4n) is 5.02. The number of rotatable bonds is 4. The highest BCUT2D eigenvalue weighted by molar-refractivity contribution is 5.81. The van der Waals surface area contributed by atoms with E-state index < -0.39 is 0 Å². The van der Waals surface area contributed by atoms with E-state index in [1.807, 2.05) is 0 Å². The molecule has 0 atom stereocenters. The van der Waals surface area contributed by atoms with Crippen LogP contribution in [-0.2, 0) is 0 Å². The number of hydrogen-bond donors (Lipinski definition) is 3. The van der Waals surface area contributed by atoms with E-state index in [4.69, 9.17) is 10.9 Å². The Morgan fingerprint density at radius 1 is 1.29 bits per heavy atom. The first-order chi connectivity index (χ1) is 9.99. The van der Waals surface area contributed by atoms with Crippen molar-refractivity contribution in [1.29, 1.82) is 0 Å². The Hall–Kier alpha value is -1.46. The van der Waals surface area contributed by atoms with Crippen LogP contribution in [0.25, 0.3) is 0 Å². The summed E-state index contributed by atoms with van der Waals surface area (Å²) in [5, 5.41) is 14.8. The molecular weight excluding hydrogens is 268 g/mol. The summed E-state index contributed by atoms with van der Waals surface area (Å²) in [5.41, 5.74) is 5.49. The molecule has 0 saturated heterocycles. The molecule has 4 bridgehead atoms. The lowest BCUT2D eigenvalue weighted by Gasteiger charge is -2.57. The van der Waals surface area contributed by atoms with Gasteiger partial charge in [-0.25, -0.2) is 4.79 Å². The van der Waals surface area contributed by atoms with E-state index in [9.17, 15) is 4.79 Å². The van der Waals surface area contributed by atoms with Gasteiger partial charge in [-0.3, -0.25) is 0 Å². The van der Waals surface area contributed by atoms with E-state index >= 15 is 0 Å². The maximum Gasteiger partial charge on any atom is 0.317 e. The average molecular weight is 294 g/mol. The molecule has 6 heteroatoms. The Bertz CT molecular complexity index is 414. The van der Waals surface area contributed by atoms with Crippen molar-refractivity contribution >= 4 is 11.9 Å². The van der Waals surface area contributed by atoms with Crippen molar-refractivity contribution in [1.82, 2.24) is 10.2 Å². The molecule has 4 aliphatic rings. The van der Waals surface area contributed by atoms with Gasteiger partial charge in [0.2, 0.25) is 0 Å². The fourth-order valence-corrected chi connectivity index (χ4v) is 5.02. The van der Waals surface area contributed by atoms with Crippen molar-refractivity contribution in [2.24, 2.45) is 28.6 Å². The quantitative estimate of drug-likeness (QED) is 0.319. The monoisotopic (exact) mass is 294 g/mol. The van der Waals surface area contributed by atoms with Crippen LogP contribution < -0.4 is 11.1 Å².